The van der Waals surface area contributed by atoms with E-state index in [-0.39, 0.29) is 36.0 Å². The first-order valence-electron chi connectivity index (χ1n) is 11.7. The molecule has 3 heterocycles. The summed E-state index contributed by atoms with van der Waals surface area (Å²) < 4.78 is 40.5. The molecule has 1 aromatic carbocycles. The zero-order chi connectivity index (χ0) is 21.4. The average Bonchev–Trinajstić information content (AvgIpc) is 3.63. The molecule has 1 aromatic rings. The summed E-state index contributed by atoms with van der Waals surface area (Å²) in [6.07, 6.45) is 7.10. The number of amides is 1. The molecule has 1 saturated heterocycles. The molecule has 3 aliphatic heterocycles. The lowest BCUT2D eigenvalue weighted by atomic mass is 9.82. The van der Waals surface area contributed by atoms with E-state index in [0.29, 0.717) is 19.1 Å². The van der Waals surface area contributed by atoms with Gasteiger partial charge < -0.3 is 14.4 Å². The van der Waals surface area contributed by atoms with E-state index in [4.69, 9.17) is 9.47 Å². The van der Waals surface area contributed by atoms with Crippen LogP contribution in [0.1, 0.15) is 62.8 Å². The normalized spacial score (nSPS) is 32.1. The van der Waals surface area contributed by atoms with E-state index in [2.05, 4.69) is 10.8 Å². The van der Waals surface area contributed by atoms with E-state index in [1.807, 2.05) is 18.2 Å². The van der Waals surface area contributed by atoms with Crippen molar-refractivity contribution in [2.24, 2.45) is 0 Å². The number of hydrogen-bond donors (Lipinski definition) is 1. The highest BCUT2D eigenvalue weighted by molar-refractivity contribution is 7.90. The van der Waals surface area contributed by atoms with E-state index in [1.165, 1.54) is 5.56 Å². The van der Waals surface area contributed by atoms with Crippen molar-refractivity contribution < 1.29 is 22.7 Å². The van der Waals surface area contributed by atoms with Crippen LogP contribution in [-0.2, 0) is 19.6 Å². The van der Waals surface area contributed by atoms with Gasteiger partial charge in [0.05, 0.1) is 24.0 Å². The summed E-state index contributed by atoms with van der Waals surface area (Å²) in [5.41, 5.74) is 1.18. The number of para-hydroxylation sites is 1. The van der Waals surface area contributed by atoms with Gasteiger partial charge in [0.1, 0.15) is 5.75 Å². The van der Waals surface area contributed by atoms with Gasteiger partial charge in [0.25, 0.3) is 5.91 Å². The van der Waals surface area contributed by atoms with E-state index < -0.39 is 10.0 Å². The molecule has 1 amide bonds. The van der Waals surface area contributed by atoms with Crippen LogP contribution in [0.5, 0.6) is 5.75 Å². The van der Waals surface area contributed by atoms with Gasteiger partial charge in [0.2, 0.25) is 10.0 Å². The molecule has 7 nitrogen and oxygen atoms in total. The fourth-order valence-electron chi connectivity index (χ4n) is 5.34. The average molecular weight is 449 g/mol. The van der Waals surface area contributed by atoms with Crippen LogP contribution < -0.4 is 9.46 Å². The number of benzene rings is 1. The van der Waals surface area contributed by atoms with Crippen molar-refractivity contribution in [3.8, 4) is 5.75 Å². The number of fused-ring (bicyclic) bond motifs is 5. The third-order valence-corrected chi connectivity index (χ3v) is 9.25. The fourth-order valence-corrected chi connectivity index (χ4v) is 6.99. The summed E-state index contributed by atoms with van der Waals surface area (Å²) in [5, 5.41) is -0.274. The number of sulfonamides is 1. The smallest absolute Gasteiger partial charge is 0.260 e. The summed E-state index contributed by atoms with van der Waals surface area (Å²) in [6.45, 7) is 0.935. The Morgan fingerprint density at radius 2 is 1.77 bits per heavy atom. The van der Waals surface area contributed by atoms with Gasteiger partial charge in [-0.25, -0.2) is 13.1 Å². The first kappa shape index (κ1) is 21.2. The maximum absolute atomic E-state index is 13.2. The third kappa shape index (κ3) is 4.61. The van der Waals surface area contributed by atoms with Gasteiger partial charge >= 0.3 is 0 Å². The molecule has 0 aromatic heterocycles. The Morgan fingerprint density at radius 3 is 2.55 bits per heavy atom. The van der Waals surface area contributed by atoms with E-state index >= 15 is 0 Å². The van der Waals surface area contributed by atoms with E-state index in [0.717, 1.165) is 57.1 Å². The molecule has 0 radical (unpaired) electrons. The molecule has 2 aliphatic carbocycles. The van der Waals surface area contributed by atoms with Crippen LogP contribution in [0.3, 0.4) is 0 Å². The highest BCUT2D eigenvalue weighted by Gasteiger charge is 2.42. The van der Waals surface area contributed by atoms with Gasteiger partial charge in [-0.2, -0.15) is 0 Å². The molecule has 31 heavy (non-hydrogen) atoms. The molecule has 2 saturated carbocycles. The number of nitrogens with zero attached hydrogens (tertiary/aromatic N) is 1. The molecular weight excluding hydrogens is 416 g/mol. The van der Waals surface area contributed by atoms with Crippen molar-refractivity contribution in [2.75, 3.05) is 19.8 Å². The Kier molecular flexibility index (Phi) is 5.96. The molecule has 5 aliphatic rings. The van der Waals surface area contributed by atoms with Crippen LogP contribution in [-0.4, -0.2) is 62.4 Å². The number of nitrogens with one attached hydrogen (secondary N) is 1. The van der Waals surface area contributed by atoms with Crippen molar-refractivity contribution in [3.05, 3.63) is 29.8 Å². The minimum absolute atomic E-state index is 0.0360. The molecule has 8 heteroatoms. The molecule has 2 atom stereocenters. The zero-order valence-electron chi connectivity index (χ0n) is 17.9. The number of carbonyl (C=O) groups is 1. The Balaban J connectivity index is 1.40. The van der Waals surface area contributed by atoms with E-state index in [1.54, 1.807) is 4.90 Å². The van der Waals surface area contributed by atoms with Crippen molar-refractivity contribution in [1.29, 1.82) is 0 Å². The van der Waals surface area contributed by atoms with Crippen molar-refractivity contribution >= 4 is 15.9 Å². The lowest BCUT2D eigenvalue weighted by Gasteiger charge is -2.42. The van der Waals surface area contributed by atoms with Crippen LogP contribution in [0.25, 0.3) is 0 Å². The van der Waals surface area contributed by atoms with Gasteiger partial charge in [-0.15, -0.1) is 0 Å². The highest BCUT2D eigenvalue weighted by Crippen LogP contribution is 2.39. The second-order valence-electron chi connectivity index (χ2n) is 9.40. The number of carbonyl (C=O) groups excluding carboxylic acids is 1. The summed E-state index contributed by atoms with van der Waals surface area (Å²) >= 11 is 0. The van der Waals surface area contributed by atoms with Crippen LogP contribution in [0.4, 0.5) is 0 Å². The van der Waals surface area contributed by atoms with E-state index in [9.17, 15) is 13.2 Å². The van der Waals surface area contributed by atoms with Gasteiger partial charge in [0.15, 0.2) is 6.61 Å². The first-order valence-corrected chi connectivity index (χ1v) is 13.2. The lowest BCUT2D eigenvalue weighted by molar-refractivity contribution is -0.140. The Bertz CT molecular complexity index is 908. The zero-order valence-corrected chi connectivity index (χ0v) is 18.7. The van der Waals surface area contributed by atoms with Gasteiger partial charge in [-0.05, 0) is 68.9 Å². The minimum atomic E-state index is -3.34. The Morgan fingerprint density at radius 1 is 1.00 bits per heavy atom. The van der Waals surface area contributed by atoms with Crippen LogP contribution in [0.2, 0.25) is 0 Å². The maximum atomic E-state index is 13.2. The Hall–Kier alpha value is -1.64. The van der Waals surface area contributed by atoms with Crippen molar-refractivity contribution in [2.45, 2.75) is 80.7 Å². The fraction of sp³-hybridized carbons (Fsp3) is 0.696. The number of hydrogen-bond acceptors (Lipinski definition) is 5. The second-order valence-corrected chi connectivity index (χ2v) is 11.4. The third-order valence-electron chi connectivity index (χ3n) is 7.27. The molecule has 3 fully saturated rings. The van der Waals surface area contributed by atoms with Crippen molar-refractivity contribution in [3.63, 3.8) is 0 Å². The standard InChI is InChI=1S/C23H32N2O5S/c26-23-15-30-22-6-2-1-4-19(22)16-7-9-17(10-8-16)29-14-21-20(5-3-13-25(21)23)24-31(27,28)18-11-12-18/h1-2,4,6,16-18,20-21,24H,3,5,7-15H2. The monoisotopic (exact) mass is 448 g/mol. The number of piperidine rings is 1. The maximum Gasteiger partial charge on any atom is 0.260 e. The van der Waals surface area contributed by atoms with Gasteiger partial charge in [-0.3, -0.25) is 4.79 Å². The quantitative estimate of drug-likeness (QED) is 0.768. The number of rotatable bonds is 3. The topological polar surface area (TPSA) is 84.9 Å². The molecule has 1 N–H and O–H groups in total. The summed E-state index contributed by atoms with van der Waals surface area (Å²) in [7, 11) is -3.34. The summed E-state index contributed by atoms with van der Waals surface area (Å²) in [6, 6.07) is 7.43. The predicted octanol–water partition coefficient (Wildman–Crippen LogP) is 2.56. The minimum Gasteiger partial charge on any atom is -0.483 e. The first-order chi connectivity index (χ1) is 15.0. The molecule has 170 valence electrons. The largest absolute Gasteiger partial charge is 0.483 e. The Labute approximate surface area is 184 Å². The molecule has 0 spiro atoms. The predicted molar refractivity (Wildman–Crippen MR) is 116 cm³/mol. The number of ether oxygens (including phenoxy) is 2. The van der Waals surface area contributed by atoms with Crippen LogP contribution in [0, 0.1) is 0 Å². The SMILES string of the molecule is O=C1COc2ccccc2C2CCC(CC2)OCC2C(NS(=O)(=O)C3CC3)CCCN12. The summed E-state index contributed by atoms with van der Waals surface area (Å²) in [4.78, 5) is 15.0. The summed E-state index contributed by atoms with van der Waals surface area (Å²) in [5.74, 6) is 1.11. The van der Waals surface area contributed by atoms with Crippen molar-refractivity contribution in [1.82, 2.24) is 9.62 Å². The molecule has 2 unspecified atom stereocenters. The molecular formula is C23H32N2O5S. The van der Waals surface area contributed by atoms with Crippen LogP contribution in [0.15, 0.2) is 24.3 Å². The molecule has 2 bridgehead atoms. The highest BCUT2D eigenvalue weighted by atomic mass is 32.2. The lowest BCUT2D eigenvalue weighted by Crippen LogP contribution is -2.60. The molecule has 6 rings (SSSR count). The second kappa shape index (κ2) is 8.71. The van der Waals surface area contributed by atoms with Crippen LogP contribution >= 0.6 is 0 Å². The van der Waals surface area contributed by atoms with Gasteiger partial charge in [0, 0.05) is 12.6 Å². The van der Waals surface area contributed by atoms with Gasteiger partial charge in [-0.1, -0.05) is 18.2 Å².